The molecule has 1 rings (SSSR count). The zero-order chi connectivity index (χ0) is 15.3. The molecule has 7 heteroatoms. The number of carboxylic acid groups (broad SMARTS) is 2. The number of Topliss-reactive ketones (excluding diaryl/α,β-unsaturated/α-hetero) is 1. The summed E-state index contributed by atoms with van der Waals surface area (Å²) in [6, 6.07) is 3.24. The van der Waals surface area contributed by atoms with Gasteiger partial charge in [0.05, 0.1) is 10.6 Å². The molecular formula is C13H14ClNO5. The summed E-state index contributed by atoms with van der Waals surface area (Å²) in [5.41, 5.74) is 5.74. The molecular weight excluding hydrogens is 286 g/mol. The average molecular weight is 300 g/mol. The highest BCUT2D eigenvalue weighted by molar-refractivity contribution is 6.33. The molecule has 0 aliphatic heterocycles. The van der Waals surface area contributed by atoms with Crippen molar-refractivity contribution in [2.45, 2.75) is 25.3 Å². The minimum atomic E-state index is -1.17. The van der Waals surface area contributed by atoms with Crippen LogP contribution in [0.15, 0.2) is 18.2 Å². The van der Waals surface area contributed by atoms with Crippen molar-refractivity contribution in [1.82, 2.24) is 0 Å². The second-order valence-corrected chi connectivity index (χ2v) is 4.73. The van der Waals surface area contributed by atoms with E-state index in [1.54, 1.807) is 6.07 Å². The molecule has 6 nitrogen and oxygen atoms in total. The van der Waals surface area contributed by atoms with Gasteiger partial charge in [-0.25, -0.2) is 4.79 Å². The first-order valence-corrected chi connectivity index (χ1v) is 6.21. The summed E-state index contributed by atoms with van der Waals surface area (Å²) in [7, 11) is 0. The number of ketones is 1. The lowest BCUT2D eigenvalue weighted by Gasteiger charge is -2.06. The van der Waals surface area contributed by atoms with Crippen LogP contribution in [0.2, 0.25) is 5.02 Å². The van der Waals surface area contributed by atoms with Crippen molar-refractivity contribution in [2.75, 3.05) is 0 Å². The summed E-state index contributed by atoms with van der Waals surface area (Å²) in [5, 5.41) is 17.6. The number of carbonyl (C=O) groups is 3. The highest BCUT2D eigenvalue weighted by Crippen LogP contribution is 2.18. The summed E-state index contributed by atoms with van der Waals surface area (Å²) < 4.78 is 0. The fourth-order valence-electron chi connectivity index (χ4n) is 1.60. The number of aromatic carboxylic acids is 1. The molecule has 0 radical (unpaired) electrons. The molecule has 4 N–H and O–H groups in total. The van der Waals surface area contributed by atoms with E-state index in [1.165, 1.54) is 12.1 Å². The fraction of sp³-hybridized carbons (Fsp3) is 0.308. The Morgan fingerprint density at radius 3 is 2.45 bits per heavy atom. The van der Waals surface area contributed by atoms with Crippen LogP contribution in [0.25, 0.3) is 0 Å². The first-order chi connectivity index (χ1) is 9.31. The normalized spacial score (nSPS) is 11.9. The van der Waals surface area contributed by atoms with Gasteiger partial charge in [-0.2, -0.15) is 0 Å². The predicted molar refractivity (Wildman–Crippen MR) is 72.0 cm³/mol. The SMILES string of the molecule is N[C@@H](CCC(=O)Cc1ccc(Cl)c(C(=O)O)c1)C(=O)O. The Bertz CT molecular complexity index is 544. The maximum Gasteiger partial charge on any atom is 0.337 e. The number of carbonyl (C=O) groups excluding carboxylic acids is 1. The Morgan fingerprint density at radius 2 is 1.90 bits per heavy atom. The van der Waals surface area contributed by atoms with Crippen molar-refractivity contribution in [3.05, 3.63) is 34.3 Å². The standard InChI is InChI=1S/C13H14ClNO5/c14-10-3-1-7(6-9(10)12(17)18)5-8(16)2-4-11(15)13(19)20/h1,3,6,11H,2,4-5,15H2,(H,17,18)(H,19,20)/t11-/m0/s1. The van der Waals surface area contributed by atoms with Gasteiger partial charge in [0, 0.05) is 12.8 Å². The third-order valence-corrected chi connectivity index (χ3v) is 3.04. The molecule has 1 atom stereocenters. The Balaban J connectivity index is 2.65. The summed E-state index contributed by atoms with van der Waals surface area (Å²) in [6.07, 6.45) is 0.0931. The van der Waals surface area contributed by atoms with Crippen molar-refractivity contribution in [3.63, 3.8) is 0 Å². The number of carboxylic acids is 2. The molecule has 0 saturated heterocycles. The van der Waals surface area contributed by atoms with E-state index in [9.17, 15) is 14.4 Å². The third kappa shape index (κ3) is 4.64. The zero-order valence-electron chi connectivity index (χ0n) is 10.5. The second-order valence-electron chi connectivity index (χ2n) is 4.32. The van der Waals surface area contributed by atoms with Crippen LogP contribution >= 0.6 is 11.6 Å². The first kappa shape index (κ1) is 16.1. The maximum atomic E-state index is 11.7. The molecule has 0 spiro atoms. The Hall–Kier alpha value is -1.92. The lowest BCUT2D eigenvalue weighted by atomic mass is 10.0. The summed E-state index contributed by atoms with van der Waals surface area (Å²) >= 11 is 5.72. The second kappa shape index (κ2) is 7.02. The molecule has 0 saturated carbocycles. The molecule has 1 aromatic carbocycles. The van der Waals surface area contributed by atoms with Crippen LogP contribution in [0.3, 0.4) is 0 Å². The number of rotatable bonds is 7. The lowest BCUT2D eigenvalue weighted by Crippen LogP contribution is -2.30. The van der Waals surface area contributed by atoms with Crippen LogP contribution in [0, 0.1) is 0 Å². The molecule has 1 aromatic rings. The molecule has 0 bridgehead atoms. The van der Waals surface area contributed by atoms with E-state index in [0.29, 0.717) is 5.56 Å². The van der Waals surface area contributed by atoms with Crippen LogP contribution in [-0.2, 0) is 16.0 Å². The van der Waals surface area contributed by atoms with Crippen molar-refractivity contribution in [2.24, 2.45) is 5.73 Å². The topological polar surface area (TPSA) is 118 Å². The fourth-order valence-corrected chi connectivity index (χ4v) is 1.80. The van der Waals surface area contributed by atoms with Gasteiger partial charge in [0.1, 0.15) is 11.8 Å². The van der Waals surface area contributed by atoms with E-state index in [0.717, 1.165) is 0 Å². The summed E-state index contributed by atoms with van der Waals surface area (Å²) in [6.45, 7) is 0. The van der Waals surface area contributed by atoms with E-state index in [4.69, 9.17) is 27.5 Å². The Kier molecular flexibility index (Phi) is 5.66. The van der Waals surface area contributed by atoms with Gasteiger partial charge in [0.2, 0.25) is 0 Å². The highest BCUT2D eigenvalue weighted by Gasteiger charge is 2.15. The lowest BCUT2D eigenvalue weighted by molar-refractivity contribution is -0.138. The summed E-state index contributed by atoms with van der Waals surface area (Å²) in [5.74, 6) is -2.53. The van der Waals surface area contributed by atoms with Crippen LogP contribution in [0.4, 0.5) is 0 Å². The molecule has 0 amide bonds. The first-order valence-electron chi connectivity index (χ1n) is 5.83. The highest BCUT2D eigenvalue weighted by atomic mass is 35.5. The van der Waals surface area contributed by atoms with E-state index in [2.05, 4.69) is 0 Å². The van der Waals surface area contributed by atoms with Crippen molar-refractivity contribution >= 4 is 29.3 Å². The molecule has 0 aromatic heterocycles. The van der Waals surface area contributed by atoms with Crippen molar-refractivity contribution in [3.8, 4) is 0 Å². The number of nitrogens with two attached hydrogens (primary N) is 1. The van der Waals surface area contributed by atoms with Gasteiger partial charge in [0.15, 0.2) is 0 Å². The van der Waals surface area contributed by atoms with Gasteiger partial charge in [-0.1, -0.05) is 17.7 Å². The molecule has 0 aliphatic rings. The van der Waals surface area contributed by atoms with Crippen molar-refractivity contribution < 1.29 is 24.6 Å². The average Bonchev–Trinajstić information content (AvgIpc) is 2.37. The summed E-state index contributed by atoms with van der Waals surface area (Å²) in [4.78, 5) is 33.1. The van der Waals surface area contributed by atoms with E-state index in [-0.39, 0.29) is 35.6 Å². The van der Waals surface area contributed by atoms with Crippen LogP contribution < -0.4 is 5.73 Å². The maximum absolute atomic E-state index is 11.7. The molecule has 20 heavy (non-hydrogen) atoms. The number of benzene rings is 1. The third-order valence-electron chi connectivity index (χ3n) is 2.71. The molecule has 0 heterocycles. The van der Waals surface area contributed by atoms with E-state index in [1.807, 2.05) is 0 Å². The van der Waals surface area contributed by atoms with Crippen LogP contribution in [0.5, 0.6) is 0 Å². The Labute approximate surface area is 120 Å². The molecule has 0 fully saturated rings. The van der Waals surface area contributed by atoms with Gasteiger partial charge in [-0.15, -0.1) is 0 Å². The van der Waals surface area contributed by atoms with Crippen molar-refractivity contribution in [1.29, 1.82) is 0 Å². The van der Waals surface area contributed by atoms with Gasteiger partial charge in [0.25, 0.3) is 0 Å². The number of hydrogen-bond donors (Lipinski definition) is 3. The number of halogens is 1. The largest absolute Gasteiger partial charge is 0.480 e. The monoisotopic (exact) mass is 299 g/mol. The van der Waals surface area contributed by atoms with Gasteiger partial charge < -0.3 is 15.9 Å². The molecule has 108 valence electrons. The van der Waals surface area contributed by atoms with Gasteiger partial charge in [-0.05, 0) is 24.1 Å². The number of aliphatic carboxylic acids is 1. The van der Waals surface area contributed by atoms with Gasteiger partial charge >= 0.3 is 11.9 Å². The Morgan fingerprint density at radius 1 is 1.25 bits per heavy atom. The quantitative estimate of drug-likeness (QED) is 0.699. The predicted octanol–water partition coefficient (Wildman–Crippen LogP) is 1.34. The van der Waals surface area contributed by atoms with Crippen LogP contribution in [0.1, 0.15) is 28.8 Å². The minimum absolute atomic E-state index is 0.0176. The molecule has 0 aliphatic carbocycles. The smallest absolute Gasteiger partial charge is 0.337 e. The van der Waals surface area contributed by atoms with Gasteiger partial charge in [-0.3, -0.25) is 9.59 Å². The molecule has 0 unspecified atom stereocenters. The van der Waals surface area contributed by atoms with E-state index >= 15 is 0 Å². The minimum Gasteiger partial charge on any atom is -0.480 e. The zero-order valence-corrected chi connectivity index (χ0v) is 11.3. The number of hydrogen-bond acceptors (Lipinski definition) is 4. The van der Waals surface area contributed by atoms with E-state index < -0.39 is 18.0 Å². The van der Waals surface area contributed by atoms with Crippen LogP contribution in [-0.4, -0.2) is 34.0 Å².